The maximum atomic E-state index is 14.3. The van der Waals surface area contributed by atoms with E-state index in [0.29, 0.717) is 17.4 Å². The average molecular weight is 559 g/mol. The molecule has 14 heteroatoms. The highest BCUT2D eigenvalue weighted by atomic mass is 35.5. The molecule has 0 bridgehead atoms. The molecule has 3 unspecified atom stereocenters. The van der Waals surface area contributed by atoms with Gasteiger partial charge in [0.05, 0.1) is 12.2 Å². The van der Waals surface area contributed by atoms with Crippen molar-refractivity contribution in [2.24, 2.45) is 0 Å². The van der Waals surface area contributed by atoms with Crippen molar-refractivity contribution in [1.82, 2.24) is 25.7 Å². The minimum atomic E-state index is -2.49. The van der Waals surface area contributed by atoms with E-state index >= 15 is 0 Å². The molecule has 4 aromatic rings. The van der Waals surface area contributed by atoms with Crippen LogP contribution in [0.25, 0.3) is 11.3 Å². The first-order valence-electron chi connectivity index (χ1n) is 11.5. The van der Waals surface area contributed by atoms with Crippen molar-refractivity contribution in [3.8, 4) is 17.1 Å². The van der Waals surface area contributed by atoms with Gasteiger partial charge in [-0.25, -0.2) is 23.1 Å². The summed E-state index contributed by atoms with van der Waals surface area (Å²) >= 11 is 5.56. The minimum Gasteiger partial charge on any atom is -0.488 e. The van der Waals surface area contributed by atoms with Gasteiger partial charge in [-0.2, -0.15) is 0 Å². The monoisotopic (exact) mass is 558 g/mol. The number of hydrogen-bond acceptors (Lipinski definition) is 8. The number of amides is 2. The van der Waals surface area contributed by atoms with Crippen LogP contribution in [0.5, 0.6) is 5.75 Å². The maximum absolute atomic E-state index is 14.3. The van der Waals surface area contributed by atoms with E-state index in [1.807, 2.05) is 0 Å². The second-order valence-electron chi connectivity index (χ2n) is 8.51. The lowest BCUT2D eigenvalue weighted by Gasteiger charge is -2.33. The van der Waals surface area contributed by atoms with E-state index in [1.54, 1.807) is 12.1 Å². The van der Waals surface area contributed by atoms with Gasteiger partial charge in [0.2, 0.25) is 5.91 Å². The zero-order valence-corrected chi connectivity index (χ0v) is 20.6. The smallest absolute Gasteiger partial charge is 0.278 e. The second kappa shape index (κ2) is 11.1. The molecule has 2 aromatic carbocycles. The Kier molecular flexibility index (Phi) is 7.41. The van der Waals surface area contributed by atoms with Crippen LogP contribution in [0.3, 0.4) is 0 Å². The molecule has 0 radical (unpaired) electrons. The largest absolute Gasteiger partial charge is 0.488 e. The van der Waals surface area contributed by atoms with E-state index in [2.05, 4.69) is 25.7 Å². The van der Waals surface area contributed by atoms with Crippen molar-refractivity contribution < 1.29 is 32.0 Å². The number of nitrogens with zero attached hydrogens (tertiary/aromatic N) is 5. The van der Waals surface area contributed by atoms with Crippen LogP contribution in [-0.4, -0.2) is 50.4 Å². The van der Waals surface area contributed by atoms with Crippen LogP contribution in [0.1, 0.15) is 17.2 Å². The average Bonchev–Trinajstić information content (AvgIpc) is 3.47. The van der Waals surface area contributed by atoms with Gasteiger partial charge in [0, 0.05) is 46.1 Å². The van der Waals surface area contributed by atoms with E-state index in [0.717, 1.165) is 11.0 Å². The number of benzene rings is 2. The summed E-state index contributed by atoms with van der Waals surface area (Å²) in [5, 5.41) is 9.73. The van der Waals surface area contributed by atoms with Crippen molar-refractivity contribution >= 4 is 29.1 Å². The fourth-order valence-corrected chi connectivity index (χ4v) is 4.37. The molecular weight excluding hydrogens is 541 g/mol. The van der Waals surface area contributed by atoms with Crippen LogP contribution >= 0.6 is 11.6 Å². The van der Waals surface area contributed by atoms with Gasteiger partial charge in [-0.1, -0.05) is 11.6 Å². The summed E-state index contributed by atoms with van der Waals surface area (Å²) in [6.45, 7) is -0.131. The molecule has 10 nitrogen and oxygen atoms in total. The molecule has 1 aliphatic heterocycles. The third-order valence-corrected chi connectivity index (χ3v) is 6.13. The van der Waals surface area contributed by atoms with E-state index < -0.39 is 41.2 Å². The first kappa shape index (κ1) is 26.1. The van der Waals surface area contributed by atoms with Crippen LogP contribution in [0.4, 0.5) is 18.9 Å². The summed E-state index contributed by atoms with van der Waals surface area (Å²) < 4.78 is 52.6. The van der Waals surface area contributed by atoms with Crippen LogP contribution in [0.2, 0.25) is 0 Å². The number of nitrogens with one attached hydrogen (secondary N) is 1. The number of carbonyl (C=O) groups excluding carboxylic acids is 2. The first-order valence-corrected chi connectivity index (χ1v) is 11.9. The molecule has 0 fully saturated rings. The van der Waals surface area contributed by atoms with Crippen LogP contribution < -0.4 is 15.0 Å². The van der Waals surface area contributed by atoms with Gasteiger partial charge in [-0.05, 0) is 36.8 Å². The summed E-state index contributed by atoms with van der Waals surface area (Å²) in [6, 6.07) is 5.66. The second-order valence-corrected chi connectivity index (χ2v) is 8.89. The van der Waals surface area contributed by atoms with Crippen molar-refractivity contribution in [3.63, 3.8) is 0 Å². The van der Waals surface area contributed by atoms with E-state index in [-0.39, 0.29) is 35.6 Å². The number of ether oxygens (including phenoxy) is 1. The molecule has 1 aliphatic rings. The Morgan fingerprint density at radius 3 is 2.51 bits per heavy atom. The number of carbonyl (C=O) groups is 2. The third kappa shape index (κ3) is 5.53. The molecule has 0 aliphatic carbocycles. The quantitative estimate of drug-likeness (QED) is 0.342. The summed E-state index contributed by atoms with van der Waals surface area (Å²) in [7, 11) is 0. The van der Waals surface area contributed by atoms with Crippen molar-refractivity contribution in [2.45, 2.75) is 24.1 Å². The summed E-state index contributed by atoms with van der Waals surface area (Å²) in [4.78, 5) is 35.5. The highest BCUT2D eigenvalue weighted by Crippen LogP contribution is 2.33. The number of anilines is 1. The van der Waals surface area contributed by atoms with Crippen molar-refractivity contribution in [3.05, 3.63) is 84.1 Å². The molecule has 200 valence electrons. The number of hydrogen-bond donors (Lipinski definition) is 1. The zero-order chi connectivity index (χ0) is 27.5. The van der Waals surface area contributed by atoms with Gasteiger partial charge in [0.1, 0.15) is 24.8 Å². The van der Waals surface area contributed by atoms with Crippen molar-refractivity contribution in [1.29, 1.82) is 0 Å². The number of halogens is 4. The molecule has 0 spiro atoms. The van der Waals surface area contributed by atoms with E-state index in [4.69, 9.17) is 20.9 Å². The highest BCUT2D eigenvalue weighted by molar-refractivity contribution is 6.32. The van der Waals surface area contributed by atoms with Gasteiger partial charge >= 0.3 is 0 Å². The predicted molar refractivity (Wildman–Crippen MR) is 130 cm³/mol. The minimum absolute atomic E-state index is 0.0445. The summed E-state index contributed by atoms with van der Waals surface area (Å²) in [5.74, 6) is -3.38. The molecule has 3 heterocycles. The Labute approximate surface area is 223 Å². The maximum Gasteiger partial charge on any atom is 0.278 e. The molecule has 0 saturated heterocycles. The topological polar surface area (TPSA) is 123 Å². The Bertz CT molecular complexity index is 1480. The molecule has 3 atom stereocenters. The lowest BCUT2D eigenvalue weighted by atomic mass is 10.0. The van der Waals surface area contributed by atoms with Gasteiger partial charge in [0.15, 0.2) is 17.3 Å². The third-order valence-electron chi connectivity index (χ3n) is 5.95. The Balaban J connectivity index is 1.48. The molecule has 39 heavy (non-hydrogen) atoms. The van der Waals surface area contributed by atoms with Gasteiger partial charge in [-0.15, -0.1) is 5.10 Å². The van der Waals surface area contributed by atoms with Crippen LogP contribution in [0, 0.1) is 11.6 Å². The van der Waals surface area contributed by atoms with E-state index in [9.17, 15) is 22.8 Å². The molecule has 2 aromatic heterocycles. The molecular formula is C25H18ClF3N6O4. The Morgan fingerprint density at radius 1 is 1.10 bits per heavy atom. The number of alkyl halides is 2. The normalized spacial score (nSPS) is 15.9. The molecule has 0 saturated carbocycles. The number of fused-ring (bicyclic) bond motifs is 1. The summed E-state index contributed by atoms with van der Waals surface area (Å²) in [6.07, 6.45) is 5.24. The van der Waals surface area contributed by atoms with Gasteiger partial charge < -0.3 is 14.6 Å². The zero-order valence-electron chi connectivity index (χ0n) is 19.8. The van der Waals surface area contributed by atoms with Gasteiger partial charge in [-0.3, -0.25) is 14.5 Å². The van der Waals surface area contributed by atoms with Crippen molar-refractivity contribution in [2.75, 3.05) is 11.5 Å². The van der Waals surface area contributed by atoms with Gasteiger partial charge in [0.25, 0.3) is 11.5 Å². The fourth-order valence-electron chi connectivity index (χ4n) is 4.27. The number of aromatic nitrogens is 4. The Hall–Kier alpha value is -4.52. The standard InChI is InChI=1S/C25H18ClF3N6O4/c26-23(29)25(37)35(18-3-1-13(2-4-18)20-10-32-34-39-20)21(15-8-30-12-31-9-15)24(36)33-17-6-14-5-16(27)7-19(28)22(14)38-11-17/h1-5,7-10,12,17,21,23H,6,11H2,(H,33,36). The molecule has 1 N–H and O–H groups in total. The highest BCUT2D eigenvalue weighted by Gasteiger charge is 2.38. The molecule has 2 amide bonds. The lowest BCUT2D eigenvalue weighted by molar-refractivity contribution is -0.128. The van der Waals surface area contributed by atoms with Crippen LogP contribution in [-0.2, 0) is 16.0 Å². The first-order chi connectivity index (χ1) is 18.8. The fraction of sp³-hybridized carbons (Fsp3) is 0.200. The molecule has 5 rings (SSSR count). The lowest BCUT2D eigenvalue weighted by Crippen LogP contribution is -2.50. The number of rotatable bonds is 7. The van der Waals surface area contributed by atoms with E-state index in [1.165, 1.54) is 37.1 Å². The summed E-state index contributed by atoms with van der Waals surface area (Å²) in [5.41, 5.74) is -1.44. The Morgan fingerprint density at radius 2 is 1.85 bits per heavy atom. The predicted octanol–water partition coefficient (Wildman–Crippen LogP) is 3.53. The SMILES string of the molecule is O=C(NC1COc2c(F)cc(F)cc2C1)C(c1cncnc1)N(C(=O)C(F)Cl)c1ccc(-c2cnno2)cc1. The van der Waals surface area contributed by atoms with Crippen LogP contribution in [0.15, 0.2) is 65.8 Å².